The first-order valence-electron chi connectivity index (χ1n) is 8.90. The lowest BCUT2D eigenvalue weighted by molar-refractivity contribution is -0.124. The lowest BCUT2D eigenvalue weighted by atomic mass is 9.95. The summed E-state index contributed by atoms with van der Waals surface area (Å²) in [6.45, 7) is 2.17. The van der Waals surface area contributed by atoms with Crippen LogP contribution in [-0.2, 0) is 22.4 Å². The molecule has 0 unspecified atom stereocenters. The number of nitrogens with one attached hydrogen (secondary N) is 1. The zero-order chi connectivity index (χ0) is 18.5. The van der Waals surface area contributed by atoms with Gasteiger partial charge in [-0.15, -0.1) is 0 Å². The van der Waals surface area contributed by atoms with Crippen molar-refractivity contribution in [2.45, 2.75) is 39.0 Å². The molecule has 0 saturated carbocycles. The normalized spacial score (nSPS) is 13.2. The minimum absolute atomic E-state index is 0.243. The number of hydrogen-bond acceptors (Lipinski definition) is 4. The number of halogens is 1. The van der Waals surface area contributed by atoms with Gasteiger partial charge < -0.3 is 10.1 Å². The number of aromatic nitrogens is 2. The number of esters is 1. The lowest BCUT2D eigenvalue weighted by Crippen LogP contribution is -2.29. The number of benzene rings is 1. The number of hydrogen-bond donors (Lipinski definition) is 1. The van der Waals surface area contributed by atoms with Gasteiger partial charge in [0, 0.05) is 17.8 Å². The molecule has 0 atom stereocenters. The summed E-state index contributed by atoms with van der Waals surface area (Å²) >= 11 is 0. The molecular weight excluding hydrogens is 337 g/mol. The molecule has 1 aromatic heterocycles. The van der Waals surface area contributed by atoms with E-state index in [-0.39, 0.29) is 24.0 Å². The van der Waals surface area contributed by atoms with Crippen molar-refractivity contribution >= 4 is 11.9 Å². The molecule has 6 nitrogen and oxygen atoms in total. The molecule has 0 saturated heterocycles. The van der Waals surface area contributed by atoms with E-state index in [1.54, 1.807) is 16.8 Å². The SMILES string of the molecule is CCCNC(=O)COC(=O)c1nn(-c2ccc(F)cc2)c2c1CCCC2. The Hall–Kier alpha value is -2.70. The predicted octanol–water partition coefficient (Wildman–Crippen LogP) is 2.57. The van der Waals surface area contributed by atoms with Crippen LogP contribution in [0.25, 0.3) is 5.69 Å². The maximum Gasteiger partial charge on any atom is 0.359 e. The Labute approximate surface area is 151 Å². The van der Waals surface area contributed by atoms with Gasteiger partial charge in [0.15, 0.2) is 12.3 Å². The van der Waals surface area contributed by atoms with Crippen molar-refractivity contribution in [1.82, 2.24) is 15.1 Å². The summed E-state index contributed by atoms with van der Waals surface area (Å²) in [6, 6.07) is 5.99. The van der Waals surface area contributed by atoms with Crippen molar-refractivity contribution in [2.75, 3.05) is 13.2 Å². The van der Waals surface area contributed by atoms with Gasteiger partial charge in [0.25, 0.3) is 5.91 Å². The second-order valence-corrected chi connectivity index (χ2v) is 6.30. The quantitative estimate of drug-likeness (QED) is 0.805. The van der Waals surface area contributed by atoms with E-state index in [1.165, 1.54) is 12.1 Å². The Morgan fingerprint density at radius 2 is 1.96 bits per heavy atom. The van der Waals surface area contributed by atoms with Crippen molar-refractivity contribution in [1.29, 1.82) is 0 Å². The molecular formula is C19H22FN3O3. The van der Waals surface area contributed by atoms with Gasteiger partial charge in [-0.05, 0) is 56.4 Å². The summed E-state index contributed by atoms with van der Waals surface area (Å²) < 4.78 is 20.0. The maximum atomic E-state index is 13.2. The second kappa shape index (κ2) is 8.12. The fraction of sp³-hybridized carbons (Fsp3) is 0.421. The van der Waals surface area contributed by atoms with E-state index in [4.69, 9.17) is 4.74 Å². The van der Waals surface area contributed by atoms with E-state index in [9.17, 15) is 14.0 Å². The van der Waals surface area contributed by atoms with Gasteiger partial charge in [0.1, 0.15) is 5.82 Å². The first-order valence-corrected chi connectivity index (χ1v) is 8.90. The van der Waals surface area contributed by atoms with E-state index in [2.05, 4.69) is 10.4 Å². The number of fused-ring (bicyclic) bond motifs is 1. The van der Waals surface area contributed by atoms with Crippen molar-refractivity contribution in [2.24, 2.45) is 0 Å². The van der Waals surface area contributed by atoms with Crippen LogP contribution in [0.2, 0.25) is 0 Å². The summed E-state index contributed by atoms with van der Waals surface area (Å²) in [5.74, 6) is -1.25. The minimum Gasteiger partial charge on any atom is -0.451 e. The van der Waals surface area contributed by atoms with Gasteiger partial charge >= 0.3 is 5.97 Å². The van der Waals surface area contributed by atoms with E-state index in [0.717, 1.165) is 43.4 Å². The topological polar surface area (TPSA) is 73.2 Å². The maximum absolute atomic E-state index is 13.2. The molecule has 138 valence electrons. The Bertz CT molecular complexity index is 799. The lowest BCUT2D eigenvalue weighted by Gasteiger charge is -2.14. The van der Waals surface area contributed by atoms with Gasteiger partial charge in [-0.3, -0.25) is 4.79 Å². The molecule has 2 aromatic rings. The molecule has 1 amide bonds. The van der Waals surface area contributed by atoms with E-state index >= 15 is 0 Å². The van der Waals surface area contributed by atoms with Crippen LogP contribution in [0.5, 0.6) is 0 Å². The van der Waals surface area contributed by atoms with Crippen LogP contribution < -0.4 is 5.32 Å². The smallest absolute Gasteiger partial charge is 0.359 e. The fourth-order valence-corrected chi connectivity index (χ4v) is 3.07. The Balaban J connectivity index is 1.82. The zero-order valence-electron chi connectivity index (χ0n) is 14.8. The molecule has 1 aromatic carbocycles. The first kappa shape index (κ1) is 18.1. The van der Waals surface area contributed by atoms with Crippen LogP contribution in [0.1, 0.15) is 47.9 Å². The number of carbonyl (C=O) groups excluding carboxylic acids is 2. The van der Waals surface area contributed by atoms with Gasteiger partial charge in [0.05, 0.1) is 5.69 Å². The number of amides is 1. The Kier molecular flexibility index (Phi) is 5.65. The third-order valence-electron chi connectivity index (χ3n) is 4.35. The van der Waals surface area contributed by atoms with Crippen molar-refractivity contribution in [3.63, 3.8) is 0 Å². The average molecular weight is 359 g/mol. The van der Waals surface area contributed by atoms with Crippen LogP contribution in [0.3, 0.4) is 0 Å². The highest BCUT2D eigenvalue weighted by Gasteiger charge is 2.26. The zero-order valence-corrected chi connectivity index (χ0v) is 14.8. The standard InChI is InChI=1S/C19H22FN3O3/c1-2-11-21-17(24)12-26-19(25)18-15-5-3-4-6-16(15)23(22-18)14-9-7-13(20)8-10-14/h7-10H,2-6,11-12H2,1H3,(H,21,24). The predicted molar refractivity (Wildman–Crippen MR) is 93.7 cm³/mol. The number of rotatable bonds is 6. The fourth-order valence-electron chi connectivity index (χ4n) is 3.07. The molecule has 1 aliphatic rings. The Morgan fingerprint density at radius 3 is 2.69 bits per heavy atom. The molecule has 0 bridgehead atoms. The summed E-state index contributed by atoms with van der Waals surface area (Å²) in [4.78, 5) is 24.1. The van der Waals surface area contributed by atoms with Crippen molar-refractivity contribution in [3.05, 3.63) is 47.0 Å². The largest absolute Gasteiger partial charge is 0.451 e. The Morgan fingerprint density at radius 1 is 1.23 bits per heavy atom. The number of ether oxygens (including phenoxy) is 1. The van der Waals surface area contributed by atoms with Crippen LogP contribution >= 0.6 is 0 Å². The van der Waals surface area contributed by atoms with Crippen molar-refractivity contribution in [3.8, 4) is 5.69 Å². The van der Waals surface area contributed by atoms with Gasteiger partial charge in [-0.25, -0.2) is 13.9 Å². The van der Waals surface area contributed by atoms with E-state index in [0.29, 0.717) is 12.2 Å². The second-order valence-electron chi connectivity index (χ2n) is 6.30. The van der Waals surface area contributed by atoms with Crippen LogP contribution in [-0.4, -0.2) is 34.8 Å². The minimum atomic E-state index is -0.601. The summed E-state index contributed by atoms with van der Waals surface area (Å²) in [5, 5.41) is 7.08. The van der Waals surface area contributed by atoms with Gasteiger partial charge in [-0.1, -0.05) is 6.92 Å². The molecule has 0 spiro atoms. The van der Waals surface area contributed by atoms with Crippen molar-refractivity contribution < 1.29 is 18.7 Å². The average Bonchev–Trinajstić information content (AvgIpc) is 3.05. The highest BCUT2D eigenvalue weighted by Crippen LogP contribution is 2.27. The molecule has 1 N–H and O–H groups in total. The molecule has 7 heteroatoms. The van der Waals surface area contributed by atoms with Crippen LogP contribution in [0.15, 0.2) is 24.3 Å². The number of nitrogens with zero attached hydrogens (tertiary/aromatic N) is 2. The van der Waals surface area contributed by atoms with Crippen LogP contribution in [0, 0.1) is 5.82 Å². The highest BCUT2D eigenvalue weighted by atomic mass is 19.1. The summed E-state index contributed by atoms with van der Waals surface area (Å²) in [7, 11) is 0. The molecule has 26 heavy (non-hydrogen) atoms. The van der Waals surface area contributed by atoms with E-state index < -0.39 is 5.97 Å². The number of carbonyl (C=O) groups is 2. The third kappa shape index (κ3) is 3.92. The first-order chi connectivity index (χ1) is 12.6. The molecule has 3 rings (SSSR count). The van der Waals surface area contributed by atoms with E-state index in [1.807, 2.05) is 6.92 Å². The van der Waals surface area contributed by atoms with Gasteiger partial charge in [0.2, 0.25) is 0 Å². The molecule has 0 fully saturated rings. The molecule has 0 aliphatic heterocycles. The monoisotopic (exact) mass is 359 g/mol. The molecule has 0 radical (unpaired) electrons. The van der Waals surface area contributed by atoms with Crippen LogP contribution in [0.4, 0.5) is 4.39 Å². The molecule has 1 heterocycles. The molecule has 1 aliphatic carbocycles. The highest BCUT2D eigenvalue weighted by molar-refractivity contribution is 5.91. The third-order valence-corrected chi connectivity index (χ3v) is 4.35. The summed E-state index contributed by atoms with van der Waals surface area (Å²) in [6.07, 6.45) is 4.33. The summed E-state index contributed by atoms with van der Waals surface area (Å²) in [5.41, 5.74) is 2.75. The van der Waals surface area contributed by atoms with Gasteiger partial charge in [-0.2, -0.15) is 5.10 Å².